The van der Waals surface area contributed by atoms with Crippen molar-refractivity contribution in [3.63, 3.8) is 0 Å². The summed E-state index contributed by atoms with van der Waals surface area (Å²) in [7, 11) is 1.55. The Bertz CT molecular complexity index is 1050. The lowest BCUT2D eigenvalue weighted by Gasteiger charge is -2.32. The first-order valence-corrected chi connectivity index (χ1v) is 10.2. The molecule has 0 aliphatic carbocycles. The minimum Gasteiger partial charge on any atom is -0.479 e. The van der Waals surface area contributed by atoms with Gasteiger partial charge in [0.25, 0.3) is 5.91 Å². The molecule has 148 valence electrons. The molecule has 1 N–H and O–H groups in total. The lowest BCUT2D eigenvalue weighted by molar-refractivity contribution is -0.128. The minimum atomic E-state index is -0.630. The van der Waals surface area contributed by atoms with Gasteiger partial charge in [-0.05, 0) is 30.7 Å². The van der Waals surface area contributed by atoms with Gasteiger partial charge in [0.1, 0.15) is 12.3 Å². The maximum atomic E-state index is 12.6. The number of carbonyl (C=O) groups is 2. The van der Waals surface area contributed by atoms with Crippen LogP contribution >= 0.6 is 11.3 Å². The number of aromatic nitrogens is 1. The molecule has 1 unspecified atom stereocenters. The van der Waals surface area contributed by atoms with Gasteiger partial charge in [0.05, 0.1) is 16.4 Å². The van der Waals surface area contributed by atoms with Crippen LogP contribution in [0.25, 0.3) is 11.3 Å². The number of amides is 2. The number of hydrogen-bond acceptors (Lipinski definition) is 5. The Balaban J connectivity index is 1.63. The number of benzene rings is 2. The van der Waals surface area contributed by atoms with Crippen LogP contribution in [0.5, 0.6) is 5.75 Å². The molecule has 4 rings (SSSR count). The van der Waals surface area contributed by atoms with E-state index < -0.39 is 6.10 Å². The van der Waals surface area contributed by atoms with Crippen LogP contribution in [-0.4, -0.2) is 36.5 Å². The second-order valence-corrected chi connectivity index (χ2v) is 7.77. The number of likely N-dealkylation sites (N-methyl/N-ethyl adjacent to an activating group) is 1. The molecule has 2 aromatic carbocycles. The van der Waals surface area contributed by atoms with E-state index in [4.69, 9.17) is 9.72 Å². The zero-order chi connectivity index (χ0) is 20.4. The van der Waals surface area contributed by atoms with E-state index in [1.165, 1.54) is 10.5 Å². The van der Waals surface area contributed by atoms with E-state index in [9.17, 15) is 9.59 Å². The van der Waals surface area contributed by atoms with Crippen LogP contribution in [0.4, 0.5) is 5.69 Å². The van der Waals surface area contributed by atoms with E-state index in [1.54, 1.807) is 25.3 Å². The van der Waals surface area contributed by atoms with Gasteiger partial charge >= 0.3 is 0 Å². The summed E-state index contributed by atoms with van der Waals surface area (Å²) in [5, 5.41) is 5.60. The van der Waals surface area contributed by atoms with Gasteiger partial charge in [-0.1, -0.05) is 30.3 Å². The van der Waals surface area contributed by atoms with Crippen molar-refractivity contribution in [1.82, 2.24) is 10.3 Å². The van der Waals surface area contributed by atoms with E-state index >= 15 is 0 Å². The molecule has 0 saturated heterocycles. The van der Waals surface area contributed by atoms with Crippen LogP contribution in [0.3, 0.4) is 0 Å². The predicted molar refractivity (Wildman–Crippen MR) is 113 cm³/mol. The highest BCUT2D eigenvalue weighted by molar-refractivity contribution is 7.10. The van der Waals surface area contributed by atoms with Gasteiger partial charge in [0.15, 0.2) is 6.10 Å². The van der Waals surface area contributed by atoms with Crippen LogP contribution < -0.4 is 15.0 Å². The fourth-order valence-corrected chi connectivity index (χ4v) is 4.08. The fourth-order valence-electron chi connectivity index (χ4n) is 3.25. The van der Waals surface area contributed by atoms with Crippen molar-refractivity contribution in [2.75, 3.05) is 18.5 Å². The van der Waals surface area contributed by atoms with Gasteiger partial charge in [-0.2, -0.15) is 0 Å². The summed E-state index contributed by atoms with van der Waals surface area (Å²) in [5.41, 5.74) is 3.53. The minimum absolute atomic E-state index is 0.0458. The molecule has 7 heteroatoms. The molecule has 0 bridgehead atoms. The van der Waals surface area contributed by atoms with Crippen LogP contribution in [0, 0.1) is 0 Å². The monoisotopic (exact) mass is 407 g/mol. The second-order valence-electron chi connectivity index (χ2n) is 6.83. The van der Waals surface area contributed by atoms with Crippen molar-refractivity contribution in [2.45, 2.75) is 19.4 Å². The van der Waals surface area contributed by atoms with Crippen molar-refractivity contribution >= 4 is 28.8 Å². The highest BCUT2D eigenvalue weighted by Gasteiger charge is 2.33. The number of rotatable bonds is 5. The van der Waals surface area contributed by atoms with E-state index in [-0.39, 0.29) is 18.4 Å². The molecule has 2 amide bonds. The molecule has 1 aliphatic rings. The SMILES string of the molecule is CNC(=O)CN1C(=O)C(C)Oc2ccc(-c3csc(Cc4ccccc4)n3)cc21. The summed E-state index contributed by atoms with van der Waals surface area (Å²) in [5.74, 6) is 0.119. The van der Waals surface area contributed by atoms with Gasteiger partial charge in [-0.15, -0.1) is 11.3 Å². The van der Waals surface area contributed by atoms with Crippen molar-refractivity contribution in [3.05, 3.63) is 64.5 Å². The smallest absolute Gasteiger partial charge is 0.268 e. The third-order valence-electron chi connectivity index (χ3n) is 4.79. The first kappa shape index (κ1) is 19.1. The fraction of sp³-hybridized carbons (Fsp3) is 0.227. The normalized spacial score (nSPS) is 15.6. The Labute approximate surface area is 173 Å². The van der Waals surface area contributed by atoms with Gasteiger partial charge in [-0.3, -0.25) is 14.5 Å². The highest BCUT2D eigenvalue weighted by Crippen LogP contribution is 2.37. The summed E-state index contributed by atoms with van der Waals surface area (Å²) < 4.78 is 5.72. The Morgan fingerprint density at radius 3 is 2.79 bits per heavy atom. The molecule has 2 heterocycles. The van der Waals surface area contributed by atoms with Crippen molar-refractivity contribution in [1.29, 1.82) is 0 Å². The number of hydrogen-bond donors (Lipinski definition) is 1. The first-order valence-electron chi connectivity index (χ1n) is 9.36. The largest absolute Gasteiger partial charge is 0.479 e. The molecular weight excluding hydrogens is 386 g/mol. The molecule has 1 aromatic heterocycles. The number of thiazole rings is 1. The average Bonchev–Trinajstić information content (AvgIpc) is 3.20. The molecule has 1 aliphatic heterocycles. The molecule has 0 saturated carbocycles. The number of nitrogens with one attached hydrogen (secondary N) is 1. The maximum absolute atomic E-state index is 12.6. The molecule has 0 fully saturated rings. The molecule has 1 atom stereocenters. The zero-order valence-corrected chi connectivity index (χ0v) is 17.0. The predicted octanol–water partition coefficient (Wildman–Crippen LogP) is 3.26. The molecule has 0 spiro atoms. The molecular formula is C22H21N3O3S. The number of ether oxygens (including phenoxy) is 1. The Morgan fingerprint density at radius 2 is 2.03 bits per heavy atom. The van der Waals surface area contributed by atoms with Crippen LogP contribution in [0.15, 0.2) is 53.9 Å². The summed E-state index contributed by atoms with van der Waals surface area (Å²) >= 11 is 1.61. The number of nitrogens with zero attached hydrogens (tertiary/aromatic N) is 2. The molecule has 29 heavy (non-hydrogen) atoms. The van der Waals surface area contributed by atoms with Gasteiger partial charge in [-0.25, -0.2) is 4.98 Å². The quantitative estimate of drug-likeness (QED) is 0.705. The van der Waals surface area contributed by atoms with E-state index in [0.717, 1.165) is 22.7 Å². The van der Waals surface area contributed by atoms with E-state index in [2.05, 4.69) is 17.4 Å². The summed E-state index contributed by atoms with van der Waals surface area (Å²) in [6.07, 6.45) is 0.146. The van der Waals surface area contributed by atoms with Crippen LogP contribution in [0.1, 0.15) is 17.5 Å². The summed E-state index contributed by atoms with van der Waals surface area (Å²) in [4.78, 5) is 30.8. The molecule has 0 radical (unpaired) electrons. The summed E-state index contributed by atoms with van der Waals surface area (Å²) in [6, 6.07) is 15.8. The highest BCUT2D eigenvalue weighted by atomic mass is 32.1. The Kier molecular flexibility index (Phi) is 5.31. The number of fused-ring (bicyclic) bond motifs is 1. The zero-order valence-electron chi connectivity index (χ0n) is 16.2. The Hall–Kier alpha value is -3.19. The lowest BCUT2D eigenvalue weighted by Crippen LogP contribution is -2.48. The van der Waals surface area contributed by atoms with Crippen molar-refractivity contribution < 1.29 is 14.3 Å². The average molecular weight is 407 g/mol. The Morgan fingerprint density at radius 1 is 1.24 bits per heavy atom. The third-order valence-corrected chi connectivity index (χ3v) is 5.64. The van der Waals surface area contributed by atoms with Crippen LogP contribution in [0.2, 0.25) is 0 Å². The summed E-state index contributed by atoms with van der Waals surface area (Å²) in [6.45, 7) is 1.64. The molecule has 3 aromatic rings. The lowest BCUT2D eigenvalue weighted by atomic mass is 10.1. The topological polar surface area (TPSA) is 71.5 Å². The standard InChI is InChI=1S/C22H21N3O3S/c1-14-22(27)25(12-20(26)23-2)18-11-16(8-9-19(18)28-14)17-13-29-21(24-17)10-15-6-4-3-5-7-15/h3-9,11,13-14H,10,12H2,1-2H3,(H,23,26). The maximum Gasteiger partial charge on any atom is 0.268 e. The molecule has 6 nitrogen and oxygen atoms in total. The van der Waals surface area contributed by atoms with Crippen molar-refractivity contribution in [3.8, 4) is 17.0 Å². The van der Waals surface area contributed by atoms with Gasteiger partial charge in [0, 0.05) is 24.4 Å². The van der Waals surface area contributed by atoms with Gasteiger partial charge in [0.2, 0.25) is 5.91 Å². The van der Waals surface area contributed by atoms with Crippen LogP contribution in [-0.2, 0) is 16.0 Å². The third kappa shape index (κ3) is 4.00. The number of carbonyl (C=O) groups excluding carboxylic acids is 2. The van der Waals surface area contributed by atoms with Gasteiger partial charge < -0.3 is 10.1 Å². The second kappa shape index (κ2) is 8.05. The first-order chi connectivity index (χ1) is 14.0. The number of anilines is 1. The van der Waals surface area contributed by atoms with Crippen molar-refractivity contribution in [2.24, 2.45) is 0 Å². The van der Waals surface area contributed by atoms with E-state index in [0.29, 0.717) is 11.4 Å². The van der Waals surface area contributed by atoms with E-state index in [1.807, 2.05) is 41.8 Å².